The van der Waals surface area contributed by atoms with Crippen molar-refractivity contribution in [3.05, 3.63) is 23.9 Å². The number of hydrogen-bond acceptors (Lipinski definition) is 4. The summed E-state index contributed by atoms with van der Waals surface area (Å²) in [5, 5.41) is 17.1. The third kappa shape index (κ3) is 5.19. The predicted octanol–water partition coefficient (Wildman–Crippen LogP) is 3.80. The summed E-state index contributed by atoms with van der Waals surface area (Å²) in [6.45, 7) is 4.24. The Morgan fingerprint density at radius 1 is 1.19 bits per heavy atom. The Kier molecular flexibility index (Phi) is 6.52. The van der Waals surface area contributed by atoms with Crippen LogP contribution in [0.1, 0.15) is 76.9 Å². The molecule has 3 rings (SSSR count). The lowest BCUT2D eigenvalue weighted by molar-refractivity contribution is -0.124. The Morgan fingerprint density at radius 3 is 2.69 bits per heavy atom. The molecule has 5 heteroatoms. The number of nitrogens with one attached hydrogen (secondary N) is 2. The molecule has 1 aliphatic carbocycles. The van der Waals surface area contributed by atoms with Crippen LogP contribution in [-0.4, -0.2) is 28.1 Å². The number of pyridine rings is 1. The topological polar surface area (TPSA) is 74.2 Å². The van der Waals surface area contributed by atoms with Crippen LogP contribution in [0, 0.1) is 11.8 Å². The zero-order valence-electron chi connectivity index (χ0n) is 16.1. The van der Waals surface area contributed by atoms with Gasteiger partial charge in [0.1, 0.15) is 5.82 Å². The van der Waals surface area contributed by atoms with Crippen molar-refractivity contribution in [2.45, 2.75) is 83.4 Å². The van der Waals surface area contributed by atoms with E-state index in [-0.39, 0.29) is 24.4 Å². The van der Waals surface area contributed by atoms with Gasteiger partial charge in [-0.1, -0.05) is 52.0 Å². The second-order valence-electron chi connectivity index (χ2n) is 8.46. The van der Waals surface area contributed by atoms with Gasteiger partial charge >= 0.3 is 0 Å². The number of fused-ring (bicyclic) bond motifs is 2. The lowest BCUT2D eigenvalue weighted by Gasteiger charge is -2.31. The summed E-state index contributed by atoms with van der Waals surface area (Å²) in [5.41, 5.74) is 0.925. The molecule has 0 spiro atoms. The van der Waals surface area contributed by atoms with E-state index in [9.17, 15) is 9.90 Å². The van der Waals surface area contributed by atoms with Crippen molar-refractivity contribution >= 4 is 11.7 Å². The minimum absolute atomic E-state index is 0.0683. The first-order valence-corrected chi connectivity index (χ1v) is 10.2. The lowest BCUT2D eigenvalue weighted by Crippen LogP contribution is -2.41. The molecule has 0 radical (unpaired) electrons. The summed E-state index contributed by atoms with van der Waals surface area (Å²) in [5.74, 6) is 1.78. The van der Waals surface area contributed by atoms with E-state index in [1.165, 1.54) is 32.1 Å². The van der Waals surface area contributed by atoms with E-state index < -0.39 is 6.10 Å². The molecule has 2 heterocycles. The van der Waals surface area contributed by atoms with Gasteiger partial charge < -0.3 is 15.7 Å². The summed E-state index contributed by atoms with van der Waals surface area (Å²) in [6, 6.07) is 5.71. The minimum atomic E-state index is -0.712. The van der Waals surface area contributed by atoms with Crippen LogP contribution in [0.5, 0.6) is 0 Å². The summed E-state index contributed by atoms with van der Waals surface area (Å²) in [7, 11) is 0. The maximum atomic E-state index is 12.6. The van der Waals surface area contributed by atoms with Gasteiger partial charge in [0.25, 0.3) is 0 Å². The minimum Gasteiger partial charge on any atom is -0.390 e. The summed E-state index contributed by atoms with van der Waals surface area (Å²) >= 11 is 0. The number of anilines is 1. The van der Waals surface area contributed by atoms with Gasteiger partial charge in [-0.05, 0) is 36.8 Å². The maximum absolute atomic E-state index is 12.6. The molecule has 26 heavy (non-hydrogen) atoms. The second-order valence-corrected chi connectivity index (χ2v) is 8.46. The number of carbonyl (C=O) groups is 1. The van der Waals surface area contributed by atoms with E-state index >= 15 is 0 Å². The molecular weight excluding hydrogens is 326 g/mol. The molecule has 1 aromatic heterocycles. The van der Waals surface area contributed by atoms with Crippen molar-refractivity contribution < 1.29 is 9.90 Å². The Labute approximate surface area is 157 Å². The highest BCUT2D eigenvalue weighted by atomic mass is 16.3. The predicted molar refractivity (Wildman–Crippen MR) is 104 cm³/mol. The first-order valence-electron chi connectivity index (χ1n) is 10.2. The smallest absolute Gasteiger partial charge is 0.223 e. The molecule has 5 nitrogen and oxygen atoms in total. The largest absolute Gasteiger partial charge is 0.390 e. The SMILES string of the molecule is CC(C)CC1Nc2cccc(n2)C(CC2CCCCC2)NC(=O)CC1O. The lowest BCUT2D eigenvalue weighted by atomic mass is 9.84. The second kappa shape index (κ2) is 8.85. The van der Waals surface area contributed by atoms with Gasteiger partial charge in [-0.15, -0.1) is 0 Å². The van der Waals surface area contributed by atoms with Crippen LogP contribution >= 0.6 is 0 Å². The molecule has 3 N–H and O–H groups in total. The molecular formula is C21H33N3O2. The van der Waals surface area contributed by atoms with Crippen molar-refractivity contribution in [1.82, 2.24) is 10.3 Å². The van der Waals surface area contributed by atoms with E-state index in [0.29, 0.717) is 11.8 Å². The van der Waals surface area contributed by atoms with Gasteiger partial charge in [0.15, 0.2) is 0 Å². The van der Waals surface area contributed by atoms with Crippen LogP contribution < -0.4 is 10.6 Å². The van der Waals surface area contributed by atoms with Gasteiger partial charge in [-0.25, -0.2) is 4.98 Å². The highest BCUT2D eigenvalue weighted by Crippen LogP contribution is 2.32. The fraction of sp³-hybridized carbons (Fsp3) is 0.714. The van der Waals surface area contributed by atoms with Crippen molar-refractivity contribution in [1.29, 1.82) is 0 Å². The summed E-state index contributed by atoms with van der Waals surface area (Å²) in [6.07, 6.45) is 7.54. The third-order valence-electron chi connectivity index (χ3n) is 5.67. The van der Waals surface area contributed by atoms with Crippen LogP contribution in [-0.2, 0) is 4.79 Å². The van der Waals surface area contributed by atoms with Gasteiger partial charge in [0.05, 0.1) is 30.3 Å². The number of amides is 1. The third-order valence-corrected chi connectivity index (χ3v) is 5.67. The quantitative estimate of drug-likeness (QED) is 0.764. The molecule has 2 bridgehead atoms. The zero-order chi connectivity index (χ0) is 18.5. The standard InChI is InChI=1S/C21H33N3O2/c1-14(2)11-18-19(25)13-21(26)24-17(12-15-7-4-3-5-8-15)16-9-6-10-20(22-16)23-18/h6,9-10,14-15,17-19,25H,3-5,7-8,11-13H2,1-2H3,(H,22,23)(H,24,26). The first kappa shape index (κ1) is 19.2. The monoisotopic (exact) mass is 359 g/mol. The van der Waals surface area contributed by atoms with E-state index in [2.05, 4.69) is 24.5 Å². The Bertz CT molecular complexity index is 599. The summed E-state index contributed by atoms with van der Waals surface area (Å²) < 4.78 is 0. The average Bonchev–Trinajstić information content (AvgIpc) is 2.60. The molecule has 144 valence electrons. The van der Waals surface area contributed by atoms with Crippen LogP contribution in [0.2, 0.25) is 0 Å². The van der Waals surface area contributed by atoms with Crippen molar-refractivity contribution in [3.63, 3.8) is 0 Å². The van der Waals surface area contributed by atoms with Gasteiger partial charge in [-0.3, -0.25) is 4.79 Å². The van der Waals surface area contributed by atoms with E-state index in [4.69, 9.17) is 4.98 Å². The molecule has 1 aromatic rings. The Balaban J connectivity index is 1.82. The summed E-state index contributed by atoms with van der Waals surface area (Å²) in [4.78, 5) is 17.3. The number of nitrogens with zero attached hydrogens (tertiary/aromatic N) is 1. The average molecular weight is 360 g/mol. The van der Waals surface area contributed by atoms with Crippen LogP contribution in [0.4, 0.5) is 5.82 Å². The van der Waals surface area contributed by atoms with Crippen LogP contribution in [0.25, 0.3) is 0 Å². The molecule has 0 aromatic carbocycles. The van der Waals surface area contributed by atoms with Crippen LogP contribution in [0.3, 0.4) is 0 Å². The van der Waals surface area contributed by atoms with Crippen molar-refractivity contribution in [3.8, 4) is 0 Å². The number of rotatable bonds is 4. The number of hydrogen-bond donors (Lipinski definition) is 3. The van der Waals surface area contributed by atoms with Crippen LogP contribution in [0.15, 0.2) is 18.2 Å². The molecule has 1 fully saturated rings. The number of aliphatic hydroxyl groups is 1. The molecule has 1 amide bonds. The first-order chi connectivity index (χ1) is 12.5. The molecule has 1 aliphatic heterocycles. The molecule has 0 saturated heterocycles. The normalized spacial score (nSPS) is 27.7. The van der Waals surface area contributed by atoms with Gasteiger partial charge in [0, 0.05) is 0 Å². The molecule has 3 atom stereocenters. The fourth-order valence-corrected chi connectivity index (χ4v) is 4.33. The Morgan fingerprint density at radius 2 is 1.96 bits per heavy atom. The van der Waals surface area contributed by atoms with Crippen molar-refractivity contribution in [2.75, 3.05) is 5.32 Å². The van der Waals surface area contributed by atoms with Crippen molar-refractivity contribution in [2.24, 2.45) is 11.8 Å². The molecule has 1 saturated carbocycles. The molecule has 2 aliphatic rings. The van der Waals surface area contributed by atoms with Gasteiger partial charge in [0.2, 0.25) is 5.91 Å². The zero-order valence-corrected chi connectivity index (χ0v) is 16.1. The van der Waals surface area contributed by atoms with E-state index in [0.717, 1.165) is 24.4 Å². The number of carbonyl (C=O) groups excluding carboxylic acids is 1. The highest BCUT2D eigenvalue weighted by Gasteiger charge is 2.28. The van der Waals surface area contributed by atoms with E-state index in [1.54, 1.807) is 0 Å². The number of aromatic nitrogens is 1. The molecule has 3 unspecified atom stereocenters. The Hall–Kier alpha value is -1.62. The maximum Gasteiger partial charge on any atom is 0.223 e. The number of aliphatic hydroxyl groups excluding tert-OH is 1. The van der Waals surface area contributed by atoms with Gasteiger partial charge in [-0.2, -0.15) is 0 Å². The fourth-order valence-electron chi connectivity index (χ4n) is 4.33. The van der Waals surface area contributed by atoms with E-state index in [1.807, 2.05) is 18.2 Å². The highest BCUT2D eigenvalue weighted by molar-refractivity contribution is 5.77.